The number of carbonyl (C=O) groups is 1. The van der Waals surface area contributed by atoms with Gasteiger partial charge in [-0.05, 0) is 44.2 Å². The van der Waals surface area contributed by atoms with Crippen molar-refractivity contribution < 1.29 is 9.53 Å². The number of nitrogens with zero attached hydrogens (tertiary/aromatic N) is 4. The number of thioether (sulfide) groups is 1. The highest BCUT2D eigenvalue weighted by Crippen LogP contribution is 2.25. The number of amides is 1. The van der Waals surface area contributed by atoms with Crippen molar-refractivity contribution in [3.63, 3.8) is 0 Å². The van der Waals surface area contributed by atoms with Gasteiger partial charge in [-0.3, -0.25) is 4.79 Å². The minimum atomic E-state index is -0.229. The van der Waals surface area contributed by atoms with Crippen LogP contribution >= 0.6 is 11.8 Å². The van der Waals surface area contributed by atoms with Gasteiger partial charge < -0.3 is 10.1 Å². The third-order valence-corrected chi connectivity index (χ3v) is 4.31. The first-order valence-electron chi connectivity index (χ1n) is 7.67. The highest BCUT2D eigenvalue weighted by molar-refractivity contribution is 7.99. The minimum Gasteiger partial charge on any atom is -0.496 e. The Balaban J connectivity index is 1.96. The molecule has 1 aromatic carbocycles. The molecule has 0 aliphatic carbocycles. The molecule has 0 spiro atoms. The maximum absolute atomic E-state index is 12.2. The maximum Gasteiger partial charge on any atom is 0.230 e. The molecule has 1 atom stereocenters. The van der Waals surface area contributed by atoms with Gasteiger partial charge in [-0.15, -0.1) is 5.10 Å². The summed E-state index contributed by atoms with van der Waals surface area (Å²) in [6.07, 6.45) is 0. The number of tetrazole rings is 1. The lowest BCUT2D eigenvalue weighted by Gasteiger charge is -2.20. The lowest BCUT2D eigenvalue weighted by atomic mass is 10.1. The molecule has 0 aliphatic rings. The van der Waals surface area contributed by atoms with E-state index in [0.717, 1.165) is 11.3 Å². The van der Waals surface area contributed by atoms with E-state index >= 15 is 0 Å². The highest BCUT2D eigenvalue weighted by atomic mass is 32.2. The van der Waals surface area contributed by atoms with Gasteiger partial charge in [0.1, 0.15) is 5.75 Å². The number of methoxy groups -OCH3 is 1. The average Bonchev–Trinajstić information content (AvgIpc) is 3.01. The molecule has 2 rings (SSSR count). The standard InChI is InChI=1S/C16H23N5O2S/c1-11(12-8-6-7-9-13(12)23-5)17-14(22)10-24-15-18-19-20-21(15)16(2,3)4/h6-9,11H,10H2,1-5H3,(H,17,22). The van der Waals surface area contributed by atoms with E-state index in [1.807, 2.05) is 52.0 Å². The van der Waals surface area contributed by atoms with Crippen molar-refractivity contribution in [3.8, 4) is 5.75 Å². The van der Waals surface area contributed by atoms with E-state index in [0.29, 0.717) is 5.16 Å². The highest BCUT2D eigenvalue weighted by Gasteiger charge is 2.21. The monoisotopic (exact) mass is 349 g/mol. The Hall–Kier alpha value is -2.09. The van der Waals surface area contributed by atoms with Crippen LogP contribution in [-0.4, -0.2) is 39.0 Å². The molecule has 1 aromatic heterocycles. The van der Waals surface area contributed by atoms with Gasteiger partial charge in [-0.2, -0.15) is 0 Å². The van der Waals surface area contributed by atoms with E-state index in [2.05, 4.69) is 20.8 Å². The second kappa shape index (κ2) is 7.65. The third-order valence-electron chi connectivity index (χ3n) is 3.39. The van der Waals surface area contributed by atoms with Gasteiger partial charge in [0, 0.05) is 5.56 Å². The van der Waals surface area contributed by atoms with Crippen molar-refractivity contribution in [2.45, 2.75) is 44.4 Å². The van der Waals surface area contributed by atoms with Gasteiger partial charge in [-0.25, -0.2) is 4.68 Å². The molecule has 0 aliphatic heterocycles. The fraction of sp³-hybridized carbons (Fsp3) is 0.500. The number of hydrogen-bond acceptors (Lipinski definition) is 6. The Labute approximate surface area is 146 Å². The van der Waals surface area contributed by atoms with Crippen LogP contribution in [-0.2, 0) is 10.3 Å². The van der Waals surface area contributed by atoms with E-state index in [9.17, 15) is 4.79 Å². The zero-order valence-electron chi connectivity index (χ0n) is 14.6. The molecule has 0 saturated heterocycles. The molecular formula is C16H23N5O2S. The van der Waals surface area contributed by atoms with Crippen LogP contribution in [0.25, 0.3) is 0 Å². The summed E-state index contributed by atoms with van der Waals surface area (Å²) in [5.41, 5.74) is 0.713. The predicted molar refractivity (Wildman–Crippen MR) is 93.1 cm³/mol. The normalized spacial score (nSPS) is 12.7. The number of benzene rings is 1. The number of hydrogen-bond donors (Lipinski definition) is 1. The second-order valence-electron chi connectivity index (χ2n) is 6.36. The lowest BCUT2D eigenvalue weighted by molar-refractivity contribution is -0.119. The van der Waals surface area contributed by atoms with Crippen LogP contribution in [0.2, 0.25) is 0 Å². The third kappa shape index (κ3) is 4.47. The summed E-state index contributed by atoms with van der Waals surface area (Å²) < 4.78 is 7.05. The molecule has 7 nitrogen and oxygen atoms in total. The fourth-order valence-corrected chi connectivity index (χ4v) is 3.08. The van der Waals surface area contributed by atoms with Gasteiger partial charge >= 0.3 is 0 Å². The van der Waals surface area contributed by atoms with Crippen LogP contribution in [0.4, 0.5) is 0 Å². The number of aromatic nitrogens is 4. The summed E-state index contributed by atoms with van der Waals surface area (Å²) in [5, 5.41) is 15.3. The largest absolute Gasteiger partial charge is 0.496 e. The minimum absolute atomic E-state index is 0.0816. The Kier molecular flexibility index (Phi) is 5.82. The first-order valence-corrected chi connectivity index (χ1v) is 8.65. The van der Waals surface area contributed by atoms with E-state index in [1.54, 1.807) is 11.8 Å². The molecule has 0 fully saturated rings. The van der Waals surface area contributed by atoms with E-state index in [1.165, 1.54) is 11.8 Å². The summed E-state index contributed by atoms with van der Waals surface area (Å²) in [6.45, 7) is 7.96. The van der Waals surface area contributed by atoms with Crippen LogP contribution < -0.4 is 10.1 Å². The van der Waals surface area contributed by atoms with Gasteiger partial charge in [0.05, 0.1) is 24.4 Å². The zero-order chi connectivity index (χ0) is 17.7. The van der Waals surface area contributed by atoms with Gasteiger partial charge in [0.15, 0.2) is 0 Å². The fourth-order valence-electron chi connectivity index (χ4n) is 2.21. The van der Waals surface area contributed by atoms with Crippen molar-refractivity contribution in [1.29, 1.82) is 0 Å². The first-order chi connectivity index (χ1) is 11.3. The van der Waals surface area contributed by atoms with Crippen LogP contribution in [0, 0.1) is 0 Å². The number of nitrogens with one attached hydrogen (secondary N) is 1. The second-order valence-corrected chi connectivity index (χ2v) is 7.31. The van der Waals surface area contributed by atoms with Crippen molar-refractivity contribution in [2.75, 3.05) is 12.9 Å². The van der Waals surface area contributed by atoms with E-state index < -0.39 is 0 Å². The van der Waals surface area contributed by atoms with E-state index in [4.69, 9.17) is 4.74 Å². The number of ether oxygens (including phenoxy) is 1. The maximum atomic E-state index is 12.2. The molecule has 1 amide bonds. The van der Waals surface area contributed by atoms with Crippen molar-refractivity contribution in [3.05, 3.63) is 29.8 Å². The Morgan fingerprint density at radius 1 is 1.38 bits per heavy atom. The summed E-state index contributed by atoms with van der Waals surface area (Å²) in [4.78, 5) is 12.2. The molecule has 1 N–H and O–H groups in total. The molecule has 8 heteroatoms. The quantitative estimate of drug-likeness (QED) is 0.807. The molecule has 1 heterocycles. The molecule has 1 unspecified atom stereocenters. The average molecular weight is 349 g/mol. The molecule has 24 heavy (non-hydrogen) atoms. The molecule has 2 aromatic rings. The molecule has 0 bridgehead atoms. The zero-order valence-corrected chi connectivity index (χ0v) is 15.4. The first kappa shape index (κ1) is 18.3. The molecule has 130 valence electrons. The van der Waals surface area contributed by atoms with Crippen LogP contribution in [0.5, 0.6) is 5.75 Å². The molecular weight excluding hydrogens is 326 g/mol. The van der Waals surface area contributed by atoms with Gasteiger partial charge in [0.2, 0.25) is 11.1 Å². The summed E-state index contributed by atoms with van der Waals surface area (Å²) >= 11 is 1.32. The van der Waals surface area contributed by atoms with Gasteiger partial charge in [-0.1, -0.05) is 30.0 Å². The van der Waals surface area contributed by atoms with Crippen LogP contribution in [0.15, 0.2) is 29.4 Å². The number of rotatable bonds is 6. The SMILES string of the molecule is COc1ccccc1C(C)NC(=O)CSc1nnnn1C(C)(C)C. The Morgan fingerprint density at radius 2 is 2.08 bits per heavy atom. The lowest BCUT2D eigenvalue weighted by Crippen LogP contribution is -2.29. The number of carbonyl (C=O) groups excluding carboxylic acids is 1. The van der Waals surface area contributed by atoms with Crippen LogP contribution in [0.3, 0.4) is 0 Å². The van der Waals surface area contributed by atoms with Crippen LogP contribution in [0.1, 0.15) is 39.3 Å². The summed E-state index contributed by atoms with van der Waals surface area (Å²) in [6, 6.07) is 7.50. The number of para-hydroxylation sites is 1. The predicted octanol–water partition coefficient (Wildman–Crippen LogP) is 2.41. The van der Waals surface area contributed by atoms with Crippen molar-refractivity contribution >= 4 is 17.7 Å². The Morgan fingerprint density at radius 3 is 2.75 bits per heavy atom. The summed E-state index contributed by atoms with van der Waals surface area (Å²) in [5.74, 6) is 0.923. The van der Waals surface area contributed by atoms with E-state index in [-0.39, 0.29) is 23.2 Å². The van der Waals surface area contributed by atoms with Crippen molar-refractivity contribution in [1.82, 2.24) is 25.5 Å². The molecule has 0 radical (unpaired) electrons. The molecule has 0 saturated carbocycles. The van der Waals surface area contributed by atoms with Gasteiger partial charge in [0.25, 0.3) is 0 Å². The topological polar surface area (TPSA) is 81.9 Å². The van der Waals surface area contributed by atoms with Crippen molar-refractivity contribution in [2.24, 2.45) is 0 Å². The summed E-state index contributed by atoms with van der Waals surface area (Å²) in [7, 11) is 1.62. The Bertz CT molecular complexity index is 696. The smallest absolute Gasteiger partial charge is 0.230 e.